The molecule has 0 heterocycles. The van der Waals surface area contributed by atoms with Crippen LogP contribution in [0.4, 0.5) is 0 Å². The zero-order valence-corrected chi connectivity index (χ0v) is 12.5. The van der Waals surface area contributed by atoms with Crippen molar-refractivity contribution >= 4 is 0 Å². The van der Waals surface area contributed by atoms with Crippen LogP contribution < -0.4 is 14.8 Å². The van der Waals surface area contributed by atoms with E-state index in [-0.39, 0.29) is 11.1 Å². The van der Waals surface area contributed by atoms with E-state index in [4.69, 9.17) is 9.47 Å². The third kappa shape index (κ3) is 3.64. The molecule has 0 saturated heterocycles. The molecule has 102 valence electrons. The molecule has 3 heteroatoms. The van der Waals surface area contributed by atoms with E-state index in [0.29, 0.717) is 0 Å². The monoisotopic (exact) mass is 251 g/mol. The van der Waals surface area contributed by atoms with Gasteiger partial charge in [0, 0.05) is 11.1 Å². The van der Waals surface area contributed by atoms with Gasteiger partial charge in [-0.15, -0.1) is 0 Å². The molecule has 0 bridgehead atoms. The van der Waals surface area contributed by atoms with Crippen molar-refractivity contribution < 1.29 is 9.47 Å². The molecule has 1 N–H and O–H groups in total. The molecule has 0 aliphatic carbocycles. The SMILES string of the molecule is COc1ccc(C(C)(C)NC(C)(C)C)cc1OC. The zero-order valence-electron chi connectivity index (χ0n) is 12.5. The molecule has 0 atom stereocenters. The molecule has 18 heavy (non-hydrogen) atoms. The Morgan fingerprint density at radius 1 is 0.889 bits per heavy atom. The van der Waals surface area contributed by atoms with Crippen LogP contribution in [0, 0.1) is 0 Å². The Morgan fingerprint density at radius 3 is 1.89 bits per heavy atom. The Morgan fingerprint density at radius 2 is 1.44 bits per heavy atom. The van der Waals surface area contributed by atoms with Crippen LogP contribution in [0.25, 0.3) is 0 Å². The summed E-state index contributed by atoms with van der Waals surface area (Å²) in [5.41, 5.74) is 1.10. The molecule has 0 aromatic heterocycles. The molecule has 0 saturated carbocycles. The normalized spacial score (nSPS) is 12.4. The third-order valence-electron chi connectivity index (χ3n) is 2.79. The van der Waals surface area contributed by atoms with Crippen LogP contribution >= 0.6 is 0 Å². The molecule has 0 aliphatic rings. The van der Waals surface area contributed by atoms with Crippen molar-refractivity contribution in [3.8, 4) is 11.5 Å². The summed E-state index contributed by atoms with van der Waals surface area (Å²) >= 11 is 0. The van der Waals surface area contributed by atoms with Crippen LogP contribution in [0.3, 0.4) is 0 Å². The van der Waals surface area contributed by atoms with Gasteiger partial charge in [-0.2, -0.15) is 0 Å². The van der Waals surface area contributed by atoms with E-state index in [0.717, 1.165) is 11.5 Å². The van der Waals surface area contributed by atoms with Gasteiger partial charge in [0.05, 0.1) is 14.2 Å². The highest BCUT2D eigenvalue weighted by Gasteiger charge is 2.26. The molecule has 0 radical (unpaired) electrons. The predicted octanol–water partition coefficient (Wildman–Crippen LogP) is 3.33. The quantitative estimate of drug-likeness (QED) is 0.890. The molecule has 1 rings (SSSR count). The summed E-state index contributed by atoms with van der Waals surface area (Å²) in [6.45, 7) is 10.8. The highest BCUT2D eigenvalue weighted by Crippen LogP contribution is 2.32. The Bertz CT molecular complexity index is 405. The van der Waals surface area contributed by atoms with Gasteiger partial charge in [0.25, 0.3) is 0 Å². The summed E-state index contributed by atoms with van der Waals surface area (Å²) in [5.74, 6) is 1.52. The number of hydrogen-bond donors (Lipinski definition) is 1. The first-order valence-electron chi connectivity index (χ1n) is 6.21. The minimum atomic E-state index is -0.127. The van der Waals surface area contributed by atoms with Crippen LogP contribution in [0.15, 0.2) is 18.2 Å². The number of hydrogen-bond acceptors (Lipinski definition) is 3. The number of benzene rings is 1. The molecule has 0 unspecified atom stereocenters. The van der Waals surface area contributed by atoms with Gasteiger partial charge >= 0.3 is 0 Å². The second kappa shape index (κ2) is 5.19. The van der Waals surface area contributed by atoms with Crippen LogP contribution in [-0.4, -0.2) is 19.8 Å². The lowest BCUT2D eigenvalue weighted by molar-refractivity contribution is 0.284. The largest absolute Gasteiger partial charge is 0.493 e. The van der Waals surface area contributed by atoms with E-state index in [1.165, 1.54) is 5.56 Å². The molecule has 1 aromatic rings. The average molecular weight is 251 g/mol. The maximum Gasteiger partial charge on any atom is 0.161 e. The van der Waals surface area contributed by atoms with Gasteiger partial charge in [0.1, 0.15) is 0 Å². The molecule has 0 aliphatic heterocycles. The van der Waals surface area contributed by atoms with E-state index >= 15 is 0 Å². The van der Waals surface area contributed by atoms with E-state index in [1.807, 2.05) is 12.1 Å². The molecule has 0 fully saturated rings. The second-order valence-corrected chi connectivity index (χ2v) is 6.07. The number of nitrogens with one attached hydrogen (secondary N) is 1. The Balaban J connectivity index is 3.09. The van der Waals surface area contributed by atoms with Gasteiger partial charge in [-0.1, -0.05) is 6.07 Å². The first-order valence-corrected chi connectivity index (χ1v) is 6.21. The second-order valence-electron chi connectivity index (χ2n) is 6.07. The maximum atomic E-state index is 5.35. The van der Waals surface area contributed by atoms with E-state index in [9.17, 15) is 0 Å². The first kappa shape index (κ1) is 14.8. The Kier molecular flexibility index (Phi) is 4.28. The molecular formula is C15H25NO2. The van der Waals surface area contributed by atoms with Gasteiger partial charge in [-0.25, -0.2) is 0 Å². The van der Waals surface area contributed by atoms with Crippen molar-refractivity contribution in [1.82, 2.24) is 5.32 Å². The van der Waals surface area contributed by atoms with E-state index in [1.54, 1.807) is 14.2 Å². The van der Waals surface area contributed by atoms with Crippen molar-refractivity contribution in [2.75, 3.05) is 14.2 Å². The summed E-state index contributed by atoms with van der Waals surface area (Å²) in [5, 5.41) is 3.60. The topological polar surface area (TPSA) is 30.5 Å². The Labute approximate surface area is 110 Å². The highest BCUT2D eigenvalue weighted by atomic mass is 16.5. The molecule has 0 spiro atoms. The average Bonchev–Trinajstić information content (AvgIpc) is 2.24. The van der Waals surface area contributed by atoms with Gasteiger partial charge < -0.3 is 14.8 Å². The number of ether oxygens (including phenoxy) is 2. The van der Waals surface area contributed by atoms with E-state index < -0.39 is 0 Å². The lowest BCUT2D eigenvalue weighted by Gasteiger charge is -2.35. The minimum absolute atomic E-state index is 0.0522. The predicted molar refractivity (Wildman–Crippen MR) is 75.5 cm³/mol. The third-order valence-corrected chi connectivity index (χ3v) is 2.79. The van der Waals surface area contributed by atoms with Crippen molar-refractivity contribution in [3.05, 3.63) is 23.8 Å². The lowest BCUT2D eigenvalue weighted by atomic mass is 9.90. The molecule has 0 amide bonds. The van der Waals surface area contributed by atoms with Crippen molar-refractivity contribution in [2.24, 2.45) is 0 Å². The minimum Gasteiger partial charge on any atom is -0.493 e. The van der Waals surface area contributed by atoms with Gasteiger partial charge in [0.15, 0.2) is 11.5 Å². The van der Waals surface area contributed by atoms with Crippen LogP contribution in [0.1, 0.15) is 40.2 Å². The van der Waals surface area contributed by atoms with Crippen molar-refractivity contribution in [1.29, 1.82) is 0 Å². The zero-order chi connectivity index (χ0) is 14.0. The summed E-state index contributed by atoms with van der Waals surface area (Å²) in [7, 11) is 3.31. The fourth-order valence-corrected chi connectivity index (χ4v) is 2.23. The maximum absolute atomic E-state index is 5.35. The van der Waals surface area contributed by atoms with E-state index in [2.05, 4.69) is 46.0 Å². The van der Waals surface area contributed by atoms with Crippen LogP contribution in [0.5, 0.6) is 11.5 Å². The standard InChI is InChI=1S/C15H25NO2/c1-14(2,3)16-15(4,5)11-8-9-12(17-6)13(10-11)18-7/h8-10,16H,1-7H3. The number of rotatable bonds is 4. The highest BCUT2D eigenvalue weighted by molar-refractivity contribution is 5.44. The lowest BCUT2D eigenvalue weighted by Crippen LogP contribution is -2.48. The first-order chi connectivity index (χ1) is 8.19. The Hall–Kier alpha value is -1.22. The molecular weight excluding hydrogens is 226 g/mol. The summed E-state index contributed by atoms with van der Waals surface area (Å²) in [4.78, 5) is 0. The van der Waals surface area contributed by atoms with Crippen LogP contribution in [-0.2, 0) is 5.54 Å². The summed E-state index contributed by atoms with van der Waals surface area (Å²) in [6, 6.07) is 6.04. The number of methoxy groups -OCH3 is 2. The van der Waals surface area contributed by atoms with Crippen LogP contribution in [0.2, 0.25) is 0 Å². The van der Waals surface area contributed by atoms with Crippen molar-refractivity contribution in [3.63, 3.8) is 0 Å². The summed E-state index contributed by atoms with van der Waals surface area (Å²) < 4.78 is 10.6. The fourth-order valence-electron chi connectivity index (χ4n) is 2.23. The molecule has 1 aromatic carbocycles. The smallest absolute Gasteiger partial charge is 0.161 e. The summed E-state index contributed by atoms with van der Waals surface area (Å²) in [6.07, 6.45) is 0. The van der Waals surface area contributed by atoms with Gasteiger partial charge in [-0.05, 0) is 52.3 Å². The van der Waals surface area contributed by atoms with Gasteiger partial charge in [0.2, 0.25) is 0 Å². The molecule has 3 nitrogen and oxygen atoms in total. The fraction of sp³-hybridized carbons (Fsp3) is 0.600. The van der Waals surface area contributed by atoms with Crippen molar-refractivity contribution in [2.45, 2.75) is 45.7 Å². The van der Waals surface area contributed by atoms with Gasteiger partial charge in [-0.3, -0.25) is 0 Å².